The Bertz CT molecular complexity index is 657. The number of benzene rings is 2. The summed E-state index contributed by atoms with van der Waals surface area (Å²) in [4.78, 5) is 12.5. The Labute approximate surface area is 151 Å². The van der Waals surface area contributed by atoms with E-state index in [4.69, 9.17) is 6.42 Å². The van der Waals surface area contributed by atoms with Gasteiger partial charge in [0.05, 0.1) is 0 Å². The van der Waals surface area contributed by atoms with Crippen LogP contribution in [0, 0.1) is 12.3 Å². The van der Waals surface area contributed by atoms with Crippen molar-refractivity contribution >= 4 is 5.91 Å². The van der Waals surface area contributed by atoms with E-state index in [1.165, 1.54) is 5.56 Å². The predicted octanol–water partition coefficient (Wildman–Crippen LogP) is 5.00. The van der Waals surface area contributed by atoms with E-state index in [2.05, 4.69) is 35.5 Å². The van der Waals surface area contributed by atoms with Gasteiger partial charge in [-0.3, -0.25) is 4.79 Å². The molecule has 2 aromatic carbocycles. The van der Waals surface area contributed by atoms with Crippen LogP contribution in [0.5, 0.6) is 0 Å². The van der Waals surface area contributed by atoms with Crippen LogP contribution < -0.4 is 5.32 Å². The van der Waals surface area contributed by atoms with Gasteiger partial charge in [0.1, 0.15) is 0 Å². The van der Waals surface area contributed by atoms with E-state index in [1.54, 1.807) is 0 Å². The van der Waals surface area contributed by atoms with E-state index in [0.29, 0.717) is 0 Å². The molecular weight excluding hydrogens is 306 g/mol. The quantitative estimate of drug-likeness (QED) is 0.481. The average Bonchev–Trinajstić information content (AvgIpc) is 2.67. The zero-order chi connectivity index (χ0) is 17.7. The van der Waals surface area contributed by atoms with Crippen molar-refractivity contribution in [3.8, 4) is 12.3 Å². The summed E-state index contributed by atoms with van der Waals surface area (Å²) < 4.78 is 0. The molecule has 0 aromatic heterocycles. The number of nitrogens with one attached hydrogen (secondary N) is 1. The second kappa shape index (κ2) is 11.1. The molecule has 0 saturated carbocycles. The largest absolute Gasteiger partial charge is 0.349 e. The normalized spacial score (nSPS) is 11.5. The molecule has 2 heteroatoms. The summed E-state index contributed by atoms with van der Waals surface area (Å²) in [6, 6.07) is 20.1. The van der Waals surface area contributed by atoms with E-state index in [1.807, 2.05) is 36.4 Å². The monoisotopic (exact) mass is 333 g/mol. The summed E-state index contributed by atoms with van der Waals surface area (Å²) in [5.74, 6) is 2.70. The lowest BCUT2D eigenvalue weighted by Gasteiger charge is -2.19. The smallest absolute Gasteiger partial charge is 0.251 e. The summed E-state index contributed by atoms with van der Waals surface area (Å²) in [5, 5.41) is 3.22. The third-order valence-electron chi connectivity index (χ3n) is 4.37. The van der Waals surface area contributed by atoms with Crippen molar-refractivity contribution in [2.45, 2.75) is 51.0 Å². The minimum atomic E-state index is 0.0160. The number of carbonyl (C=O) groups excluding carboxylic acids is 1. The lowest BCUT2D eigenvalue weighted by Crippen LogP contribution is -2.35. The molecule has 1 amide bonds. The minimum absolute atomic E-state index is 0.0160. The van der Waals surface area contributed by atoms with Crippen molar-refractivity contribution in [3.63, 3.8) is 0 Å². The fourth-order valence-electron chi connectivity index (χ4n) is 2.93. The summed E-state index contributed by atoms with van der Waals surface area (Å²) >= 11 is 0. The molecule has 0 aliphatic rings. The van der Waals surface area contributed by atoms with Gasteiger partial charge < -0.3 is 5.32 Å². The van der Waals surface area contributed by atoms with Gasteiger partial charge in [0.15, 0.2) is 0 Å². The Morgan fingerprint density at radius 3 is 2.28 bits per heavy atom. The Hall–Kier alpha value is -2.53. The highest BCUT2D eigenvalue weighted by molar-refractivity contribution is 5.94. The van der Waals surface area contributed by atoms with Crippen LogP contribution >= 0.6 is 0 Å². The van der Waals surface area contributed by atoms with Gasteiger partial charge in [-0.05, 0) is 43.4 Å². The van der Waals surface area contributed by atoms with E-state index >= 15 is 0 Å². The lowest BCUT2D eigenvalue weighted by atomic mass is 9.99. The van der Waals surface area contributed by atoms with Gasteiger partial charge in [-0.15, -0.1) is 12.3 Å². The van der Waals surface area contributed by atoms with Gasteiger partial charge in [0.25, 0.3) is 5.91 Å². The van der Waals surface area contributed by atoms with Crippen LogP contribution in [-0.4, -0.2) is 11.9 Å². The Morgan fingerprint density at radius 2 is 1.60 bits per heavy atom. The second-order valence-electron chi connectivity index (χ2n) is 6.36. The highest BCUT2D eigenvalue weighted by Gasteiger charge is 2.13. The standard InChI is InChI=1S/C23H27NO/c1-2-3-4-5-12-17-22(19-18-20-13-8-6-9-14-20)24-23(25)21-15-10-7-11-16-21/h1,6-11,13-16,22H,3-5,12,17-19H2,(H,24,25)/t22-/m0/s1. The molecule has 0 bridgehead atoms. The van der Waals surface area contributed by atoms with Crippen LogP contribution in [0.25, 0.3) is 0 Å². The number of aryl methyl sites for hydroxylation is 1. The number of rotatable bonds is 10. The zero-order valence-corrected chi connectivity index (χ0v) is 14.8. The van der Waals surface area contributed by atoms with Crippen LogP contribution in [-0.2, 0) is 6.42 Å². The summed E-state index contributed by atoms with van der Waals surface area (Å²) in [6.07, 6.45) is 12.3. The van der Waals surface area contributed by atoms with Crippen molar-refractivity contribution in [2.75, 3.05) is 0 Å². The van der Waals surface area contributed by atoms with Crippen LogP contribution in [0.3, 0.4) is 0 Å². The molecule has 0 spiro atoms. The van der Waals surface area contributed by atoms with Gasteiger partial charge in [0, 0.05) is 18.0 Å². The van der Waals surface area contributed by atoms with E-state index in [-0.39, 0.29) is 11.9 Å². The zero-order valence-electron chi connectivity index (χ0n) is 14.8. The maximum absolute atomic E-state index is 12.5. The first-order valence-electron chi connectivity index (χ1n) is 9.13. The topological polar surface area (TPSA) is 29.1 Å². The predicted molar refractivity (Wildman–Crippen MR) is 104 cm³/mol. The Balaban J connectivity index is 1.88. The molecule has 2 rings (SSSR count). The molecule has 0 heterocycles. The lowest BCUT2D eigenvalue weighted by molar-refractivity contribution is 0.0932. The summed E-state index contributed by atoms with van der Waals surface area (Å²) in [6.45, 7) is 0. The Morgan fingerprint density at radius 1 is 0.920 bits per heavy atom. The van der Waals surface area contributed by atoms with Crippen LogP contribution in [0.15, 0.2) is 60.7 Å². The van der Waals surface area contributed by atoms with Crippen LogP contribution in [0.2, 0.25) is 0 Å². The highest BCUT2D eigenvalue weighted by Crippen LogP contribution is 2.13. The average molecular weight is 333 g/mol. The van der Waals surface area contributed by atoms with Crippen molar-refractivity contribution < 1.29 is 4.79 Å². The van der Waals surface area contributed by atoms with E-state index in [0.717, 1.165) is 50.5 Å². The van der Waals surface area contributed by atoms with E-state index in [9.17, 15) is 4.79 Å². The molecule has 1 N–H and O–H groups in total. The fraction of sp³-hybridized carbons (Fsp3) is 0.348. The number of unbranched alkanes of at least 4 members (excludes halogenated alkanes) is 3. The van der Waals surface area contributed by atoms with Crippen molar-refractivity contribution in [1.82, 2.24) is 5.32 Å². The number of hydrogen-bond acceptors (Lipinski definition) is 1. The molecule has 2 aromatic rings. The molecule has 130 valence electrons. The minimum Gasteiger partial charge on any atom is -0.349 e. The van der Waals surface area contributed by atoms with Gasteiger partial charge in [-0.25, -0.2) is 0 Å². The molecule has 0 fully saturated rings. The first kappa shape index (κ1) is 18.8. The molecule has 2 nitrogen and oxygen atoms in total. The third kappa shape index (κ3) is 7.27. The number of amides is 1. The Kier molecular flexibility index (Phi) is 8.35. The molecule has 0 unspecified atom stereocenters. The van der Waals surface area contributed by atoms with Gasteiger partial charge in [-0.2, -0.15) is 0 Å². The number of hydrogen-bond donors (Lipinski definition) is 1. The van der Waals surface area contributed by atoms with Crippen molar-refractivity contribution in [1.29, 1.82) is 0 Å². The summed E-state index contributed by atoms with van der Waals surface area (Å²) in [7, 11) is 0. The second-order valence-corrected chi connectivity index (χ2v) is 6.36. The number of carbonyl (C=O) groups is 1. The first-order chi connectivity index (χ1) is 12.3. The van der Waals surface area contributed by atoms with Crippen molar-refractivity contribution in [2.24, 2.45) is 0 Å². The first-order valence-corrected chi connectivity index (χ1v) is 9.13. The fourth-order valence-corrected chi connectivity index (χ4v) is 2.93. The molecular formula is C23H27NO. The van der Waals surface area contributed by atoms with Crippen LogP contribution in [0.4, 0.5) is 0 Å². The maximum Gasteiger partial charge on any atom is 0.251 e. The van der Waals surface area contributed by atoms with Gasteiger partial charge in [-0.1, -0.05) is 61.4 Å². The SMILES string of the molecule is C#CCCCCC[C@@H](CCc1ccccc1)NC(=O)c1ccccc1. The molecule has 0 aliphatic carbocycles. The molecule has 1 atom stereocenters. The molecule has 25 heavy (non-hydrogen) atoms. The van der Waals surface area contributed by atoms with Crippen LogP contribution in [0.1, 0.15) is 54.4 Å². The molecule has 0 aliphatic heterocycles. The van der Waals surface area contributed by atoms with E-state index < -0.39 is 0 Å². The van der Waals surface area contributed by atoms with Gasteiger partial charge >= 0.3 is 0 Å². The number of terminal acetylenes is 1. The molecule has 0 saturated heterocycles. The maximum atomic E-state index is 12.5. The summed E-state index contributed by atoms with van der Waals surface area (Å²) in [5.41, 5.74) is 2.04. The van der Waals surface area contributed by atoms with Gasteiger partial charge in [0.2, 0.25) is 0 Å². The molecule has 0 radical (unpaired) electrons. The third-order valence-corrected chi connectivity index (χ3v) is 4.37. The highest BCUT2D eigenvalue weighted by atomic mass is 16.1. The van der Waals surface area contributed by atoms with Crippen molar-refractivity contribution in [3.05, 3.63) is 71.8 Å².